The molecule has 3 nitrogen and oxygen atoms in total. The maximum absolute atomic E-state index is 10.1. The number of rotatable bonds is 1. The first-order valence-electron chi connectivity index (χ1n) is 5.96. The monoisotopic (exact) mass is 242 g/mol. The number of phenols is 1. The number of fused-ring (bicyclic) bond motifs is 1. The van der Waals surface area contributed by atoms with Gasteiger partial charge < -0.3 is 14.9 Å². The molecule has 3 rings (SSSR count). The summed E-state index contributed by atoms with van der Waals surface area (Å²) in [5, 5.41) is 19.6. The maximum Gasteiger partial charge on any atom is 0.129 e. The number of ether oxygens (including phenoxy) is 1. The average molecular weight is 242 g/mol. The van der Waals surface area contributed by atoms with Crippen LogP contribution in [0.2, 0.25) is 0 Å². The van der Waals surface area contributed by atoms with Gasteiger partial charge in [0.1, 0.15) is 17.6 Å². The van der Waals surface area contributed by atoms with Crippen LogP contribution in [0.25, 0.3) is 0 Å². The van der Waals surface area contributed by atoms with E-state index in [9.17, 15) is 10.2 Å². The molecular weight excluding hydrogens is 228 g/mol. The second-order valence-corrected chi connectivity index (χ2v) is 4.49. The molecule has 0 spiro atoms. The first-order chi connectivity index (χ1) is 8.74. The summed E-state index contributed by atoms with van der Waals surface area (Å²) in [5.41, 5.74) is 1.77. The quantitative estimate of drug-likeness (QED) is 0.808. The maximum atomic E-state index is 10.1. The zero-order chi connectivity index (χ0) is 12.5. The standard InChI is InChI=1S/C15H14O3/c16-11-6-7-12-13(17)9-14(18-15(12)8-11)10-4-2-1-3-5-10/h1-8,13-14,16-17H,9H2/t13?,14-/m0/s1. The molecule has 1 aliphatic rings. The Morgan fingerprint density at radius 1 is 1.06 bits per heavy atom. The van der Waals surface area contributed by atoms with Gasteiger partial charge in [-0.1, -0.05) is 30.3 Å². The fraction of sp³-hybridized carbons (Fsp3) is 0.200. The van der Waals surface area contributed by atoms with Crippen LogP contribution in [-0.4, -0.2) is 10.2 Å². The van der Waals surface area contributed by atoms with Crippen LogP contribution >= 0.6 is 0 Å². The normalized spacial score (nSPS) is 22.1. The number of phenolic OH excluding ortho intramolecular Hbond substituents is 1. The van der Waals surface area contributed by atoms with Crippen LogP contribution in [0.5, 0.6) is 11.5 Å². The summed E-state index contributed by atoms with van der Waals surface area (Å²) < 4.78 is 5.85. The van der Waals surface area contributed by atoms with E-state index in [1.54, 1.807) is 18.2 Å². The van der Waals surface area contributed by atoms with Gasteiger partial charge in [0, 0.05) is 18.1 Å². The van der Waals surface area contributed by atoms with Gasteiger partial charge in [0.05, 0.1) is 6.10 Å². The Morgan fingerprint density at radius 3 is 2.61 bits per heavy atom. The molecule has 0 saturated heterocycles. The zero-order valence-corrected chi connectivity index (χ0v) is 9.78. The van der Waals surface area contributed by atoms with Crippen LogP contribution in [0.3, 0.4) is 0 Å². The summed E-state index contributed by atoms with van der Waals surface area (Å²) in [4.78, 5) is 0. The Kier molecular flexibility index (Phi) is 2.68. The number of aliphatic hydroxyl groups excluding tert-OH is 1. The van der Waals surface area contributed by atoms with Gasteiger partial charge in [-0.25, -0.2) is 0 Å². The molecule has 2 atom stereocenters. The van der Waals surface area contributed by atoms with Crippen LogP contribution in [0, 0.1) is 0 Å². The molecule has 2 N–H and O–H groups in total. The minimum atomic E-state index is -0.556. The topological polar surface area (TPSA) is 49.7 Å². The van der Waals surface area contributed by atoms with E-state index >= 15 is 0 Å². The third kappa shape index (κ3) is 1.93. The largest absolute Gasteiger partial charge is 0.508 e. The summed E-state index contributed by atoms with van der Waals surface area (Å²) >= 11 is 0. The molecule has 0 radical (unpaired) electrons. The van der Waals surface area contributed by atoms with Crippen LogP contribution in [0.15, 0.2) is 48.5 Å². The van der Waals surface area contributed by atoms with Crippen molar-refractivity contribution >= 4 is 0 Å². The molecule has 0 bridgehead atoms. The molecule has 0 aromatic heterocycles. The second kappa shape index (κ2) is 4.35. The minimum Gasteiger partial charge on any atom is -0.508 e. The first-order valence-corrected chi connectivity index (χ1v) is 5.96. The van der Waals surface area contributed by atoms with Crippen LogP contribution in [-0.2, 0) is 0 Å². The number of hydrogen-bond donors (Lipinski definition) is 2. The summed E-state index contributed by atoms with van der Waals surface area (Å²) in [6.07, 6.45) is -0.197. The van der Waals surface area contributed by atoms with E-state index in [4.69, 9.17) is 4.74 Å². The van der Waals surface area contributed by atoms with Crippen molar-refractivity contribution in [3.05, 3.63) is 59.7 Å². The van der Waals surface area contributed by atoms with Crippen molar-refractivity contribution < 1.29 is 14.9 Å². The summed E-state index contributed by atoms with van der Waals surface area (Å²) in [5.74, 6) is 0.706. The molecular formula is C15H14O3. The SMILES string of the molecule is Oc1ccc2c(c1)O[C@H](c1ccccc1)CC2O. The highest BCUT2D eigenvalue weighted by Crippen LogP contribution is 2.41. The molecule has 1 heterocycles. The molecule has 92 valence electrons. The van der Waals surface area contributed by atoms with Crippen molar-refractivity contribution in [3.63, 3.8) is 0 Å². The molecule has 1 aliphatic heterocycles. The van der Waals surface area contributed by atoms with E-state index in [1.165, 1.54) is 0 Å². The lowest BCUT2D eigenvalue weighted by atomic mass is 9.95. The second-order valence-electron chi connectivity index (χ2n) is 4.49. The Balaban J connectivity index is 1.96. The molecule has 1 unspecified atom stereocenters. The minimum absolute atomic E-state index is 0.148. The number of hydrogen-bond acceptors (Lipinski definition) is 3. The highest BCUT2D eigenvalue weighted by Gasteiger charge is 2.28. The Morgan fingerprint density at radius 2 is 1.83 bits per heavy atom. The van der Waals surface area contributed by atoms with Gasteiger partial charge in [0.2, 0.25) is 0 Å². The van der Waals surface area contributed by atoms with Crippen LogP contribution in [0.1, 0.15) is 29.8 Å². The van der Waals surface area contributed by atoms with E-state index in [0.29, 0.717) is 12.2 Å². The highest BCUT2D eigenvalue weighted by atomic mass is 16.5. The Labute approximate surface area is 105 Å². The Bertz CT molecular complexity index is 551. The Hall–Kier alpha value is -2.00. The third-order valence-electron chi connectivity index (χ3n) is 3.23. The van der Waals surface area contributed by atoms with Crippen molar-refractivity contribution in [1.29, 1.82) is 0 Å². The van der Waals surface area contributed by atoms with E-state index in [2.05, 4.69) is 0 Å². The third-order valence-corrected chi connectivity index (χ3v) is 3.23. The van der Waals surface area contributed by atoms with Gasteiger partial charge >= 0.3 is 0 Å². The van der Waals surface area contributed by atoms with Crippen LogP contribution in [0.4, 0.5) is 0 Å². The molecule has 18 heavy (non-hydrogen) atoms. The summed E-state index contributed by atoms with van der Waals surface area (Å²) in [6, 6.07) is 14.6. The van der Waals surface area contributed by atoms with Gasteiger partial charge in [-0.3, -0.25) is 0 Å². The molecule has 0 fully saturated rings. The van der Waals surface area contributed by atoms with Crippen molar-refractivity contribution in [3.8, 4) is 11.5 Å². The van der Waals surface area contributed by atoms with Gasteiger partial charge in [-0.05, 0) is 17.7 Å². The molecule has 0 saturated carbocycles. The van der Waals surface area contributed by atoms with Crippen molar-refractivity contribution in [2.45, 2.75) is 18.6 Å². The van der Waals surface area contributed by atoms with Gasteiger partial charge in [0.25, 0.3) is 0 Å². The number of benzene rings is 2. The molecule has 2 aromatic carbocycles. The fourth-order valence-corrected chi connectivity index (χ4v) is 2.30. The smallest absolute Gasteiger partial charge is 0.129 e. The van der Waals surface area contributed by atoms with Crippen LogP contribution < -0.4 is 4.74 Å². The van der Waals surface area contributed by atoms with Gasteiger partial charge in [-0.15, -0.1) is 0 Å². The van der Waals surface area contributed by atoms with Crippen molar-refractivity contribution in [2.24, 2.45) is 0 Å². The predicted molar refractivity (Wildman–Crippen MR) is 67.5 cm³/mol. The molecule has 3 heteroatoms. The lowest BCUT2D eigenvalue weighted by molar-refractivity contribution is 0.0655. The van der Waals surface area contributed by atoms with Gasteiger partial charge in [0.15, 0.2) is 0 Å². The van der Waals surface area contributed by atoms with E-state index in [0.717, 1.165) is 11.1 Å². The molecule has 0 aliphatic carbocycles. The predicted octanol–water partition coefficient (Wildman–Crippen LogP) is 2.95. The van der Waals surface area contributed by atoms with E-state index in [-0.39, 0.29) is 11.9 Å². The lowest BCUT2D eigenvalue weighted by Gasteiger charge is -2.30. The van der Waals surface area contributed by atoms with Crippen molar-refractivity contribution in [2.75, 3.05) is 0 Å². The number of aromatic hydroxyl groups is 1. The van der Waals surface area contributed by atoms with E-state index < -0.39 is 6.10 Å². The highest BCUT2D eigenvalue weighted by molar-refractivity contribution is 5.43. The van der Waals surface area contributed by atoms with Gasteiger partial charge in [-0.2, -0.15) is 0 Å². The summed E-state index contributed by atoms with van der Waals surface area (Å²) in [6.45, 7) is 0. The molecule has 0 amide bonds. The average Bonchev–Trinajstić information content (AvgIpc) is 2.39. The number of aliphatic hydroxyl groups is 1. The first kappa shape index (κ1) is 11.1. The lowest BCUT2D eigenvalue weighted by Crippen LogP contribution is -2.18. The molecule has 2 aromatic rings. The fourth-order valence-electron chi connectivity index (χ4n) is 2.30. The van der Waals surface area contributed by atoms with Crippen molar-refractivity contribution in [1.82, 2.24) is 0 Å². The summed E-state index contributed by atoms with van der Waals surface area (Å²) in [7, 11) is 0. The zero-order valence-electron chi connectivity index (χ0n) is 9.78. The van der Waals surface area contributed by atoms with E-state index in [1.807, 2.05) is 30.3 Å².